The summed E-state index contributed by atoms with van der Waals surface area (Å²) < 4.78 is 6.13. The highest BCUT2D eigenvalue weighted by molar-refractivity contribution is 5.81. The number of benzene rings is 2. The first-order chi connectivity index (χ1) is 16.5. The highest BCUT2D eigenvalue weighted by Crippen LogP contribution is 2.29. The number of aliphatic hydroxyl groups is 1. The van der Waals surface area contributed by atoms with Crippen LogP contribution >= 0.6 is 0 Å². The van der Waals surface area contributed by atoms with Crippen LogP contribution in [0.3, 0.4) is 0 Å². The van der Waals surface area contributed by atoms with Crippen molar-refractivity contribution in [3.63, 3.8) is 0 Å². The van der Waals surface area contributed by atoms with E-state index in [0.29, 0.717) is 28.9 Å². The van der Waals surface area contributed by atoms with Crippen LogP contribution in [0.5, 0.6) is 5.75 Å². The summed E-state index contributed by atoms with van der Waals surface area (Å²) in [5, 5.41) is 19.2. The Morgan fingerprint density at radius 1 is 0.765 bits per heavy atom. The van der Waals surface area contributed by atoms with Gasteiger partial charge in [-0.2, -0.15) is 0 Å². The molecule has 184 valence electrons. The number of aryl methyl sites for hydroxylation is 2. The maximum absolute atomic E-state index is 13.1. The Labute approximate surface area is 203 Å². The van der Waals surface area contributed by atoms with Gasteiger partial charge in [-0.05, 0) is 74.6 Å². The SMILES string of the molecule is Cc1cc(-c2oc3ccc(CCCCCCCCCCCCCO)cc3c(=O)c2C)ccc1O. The predicted octanol–water partition coefficient (Wildman–Crippen LogP) is 7.61. The standard InChI is InChI=1S/C30H40O4/c1-22-20-25(16-17-27(22)32)30-23(2)29(33)26-21-24(15-18-28(26)34-30)14-12-10-8-6-4-3-5-7-9-11-13-19-31/h15-18,20-21,31-32H,3-14,19H2,1-2H3. The van der Waals surface area contributed by atoms with Gasteiger partial charge in [-0.15, -0.1) is 0 Å². The van der Waals surface area contributed by atoms with E-state index in [1.54, 1.807) is 12.1 Å². The third-order valence-electron chi connectivity index (χ3n) is 6.76. The van der Waals surface area contributed by atoms with Crippen molar-refractivity contribution >= 4 is 11.0 Å². The maximum atomic E-state index is 13.1. The van der Waals surface area contributed by atoms with Crippen LogP contribution in [0, 0.1) is 13.8 Å². The Hall–Kier alpha value is -2.59. The van der Waals surface area contributed by atoms with Crippen LogP contribution in [0.4, 0.5) is 0 Å². The number of rotatable bonds is 14. The van der Waals surface area contributed by atoms with Crippen LogP contribution in [0.1, 0.15) is 87.3 Å². The summed E-state index contributed by atoms with van der Waals surface area (Å²) in [6.45, 7) is 3.97. The third kappa shape index (κ3) is 7.20. The fraction of sp³-hybridized carbons (Fsp3) is 0.500. The first-order valence-corrected chi connectivity index (χ1v) is 13.0. The van der Waals surface area contributed by atoms with Crippen molar-refractivity contribution in [3.8, 4) is 17.1 Å². The summed E-state index contributed by atoms with van der Waals surface area (Å²) in [4.78, 5) is 13.1. The van der Waals surface area contributed by atoms with Crippen molar-refractivity contribution < 1.29 is 14.6 Å². The molecule has 3 rings (SSSR count). The lowest BCUT2D eigenvalue weighted by molar-refractivity contribution is 0.282. The first kappa shape index (κ1) is 26.0. The van der Waals surface area contributed by atoms with Gasteiger partial charge in [0.15, 0.2) is 5.43 Å². The van der Waals surface area contributed by atoms with Gasteiger partial charge in [0.1, 0.15) is 17.1 Å². The summed E-state index contributed by atoms with van der Waals surface area (Å²) in [7, 11) is 0. The van der Waals surface area contributed by atoms with E-state index in [2.05, 4.69) is 6.07 Å². The quantitative estimate of drug-likeness (QED) is 0.241. The molecule has 0 spiro atoms. The minimum absolute atomic E-state index is 0.0141. The van der Waals surface area contributed by atoms with Gasteiger partial charge in [0.2, 0.25) is 0 Å². The molecule has 0 unspecified atom stereocenters. The second-order valence-corrected chi connectivity index (χ2v) is 9.58. The van der Waals surface area contributed by atoms with Crippen molar-refractivity contribution in [2.75, 3.05) is 6.61 Å². The molecule has 1 heterocycles. The number of hydrogen-bond donors (Lipinski definition) is 2. The van der Waals surface area contributed by atoms with E-state index >= 15 is 0 Å². The lowest BCUT2D eigenvalue weighted by Gasteiger charge is -2.10. The van der Waals surface area contributed by atoms with Crippen molar-refractivity contribution in [1.82, 2.24) is 0 Å². The summed E-state index contributed by atoms with van der Waals surface area (Å²) >= 11 is 0. The molecule has 0 aliphatic rings. The van der Waals surface area contributed by atoms with Gasteiger partial charge < -0.3 is 14.6 Å². The molecule has 34 heavy (non-hydrogen) atoms. The molecule has 0 bridgehead atoms. The molecule has 0 saturated carbocycles. The number of unbranched alkanes of at least 4 members (excludes halogenated alkanes) is 10. The highest BCUT2D eigenvalue weighted by Gasteiger charge is 2.14. The topological polar surface area (TPSA) is 70.7 Å². The molecule has 4 nitrogen and oxygen atoms in total. The Morgan fingerprint density at radius 2 is 1.38 bits per heavy atom. The first-order valence-electron chi connectivity index (χ1n) is 13.0. The zero-order valence-corrected chi connectivity index (χ0v) is 20.9. The van der Waals surface area contributed by atoms with Gasteiger partial charge in [-0.1, -0.05) is 63.9 Å². The summed E-state index contributed by atoms with van der Waals surface area (Å²) in [6, 6.07) is 11.3. The summed E-state index contributed by atoms with van der Waals surface area (Å²) in [5.41, 5.74) is 3.97. The Bertz CT molecular complexity index is 1110. The van der Waals surface area contributed by atoms with E-state index in [0.717, 1.165) is 36.8 Å². The Morgan fingerprint density at radius 3 is 2.00 bits per heavy atom. The van der Waals surface area contributed by atoms with Crippen LogP contribution in [0.25, 0.3) is 22.3 Å². The fourth-order valence-corrected chi connectivity index (χ4v) is 4.59. The molecule has 0 saturated heterocycles. The minimum Gasteiger partial charge on any atom is -0.508 e. The molecule has 0 aliphatic carbocycles. The van der Waals surface area contributed by atoms with Gasteiger partial charge in [-0.25, -0.2) is 0 Å². The minimum atomic E-state index is 0.0141. The average molecular weight is 465 g/mol. The number of fused-ring (bicyclic) bond motifs is 1. The Kier molecular flexibility index (Phi) is 10.2. The second-order valence-electron chi connectivity index (χ2n) is 9.58. The molecule has 0 aliphatic heterocycles. The molecule has 4 heteroatoms. The molecular formula is C30H40O4. The fourth-order valence-electron chi connectivity index (χ4n) is 4.59. The summed E-state index contributed by atoms with van der Waals surface area (Å²) in [5.74, 6) is 0.804. The van der Waals surface area contributed by atoms with E-state index in [1.165, 1.54) is 56.9 Å². The van der Waals surface area contributed by atoms with E-state index in [-0.39, 0.29) is 11.2 Å². The van der Waals surface area contributed by atoms with Crippen LogP contribution in [-0.2, 0) is 6.42 Å². The molecule has 3 aromatic rings. The second kappa shape index (κ2) is 13.3. The molecule has 0 atom stereocenters. The molecule has 2 N–H and O–H groups in total. The maximum Gasteiger partial charge on any atom is 0.196 e. The molecule has 2 aromatic carbocycles. The zero-order chi connectivity index (χ0) is 24.3. The van der Waals surface area contributed by atoms with Crippen molar-refractivity contribution in [3.05, 3.63) is 63.3 Å². The van der Waals surface area contributed by atoms with Crippen molar-refractivity contribution in [2.45, 2.75) is 90.9 Å². The monoisotopic (exact) mass is 464 g/mol. The van der Waals surface area contributed by atoms with E-state index in [4.69, 9.17) is 9.52 Å². The van der Waals surface area contributed by atoms with Crippen molar-refractivity contribution in [2.24, 2.45) is 0 Å². The van der Waals surface area contributed by atoms with Crippen LogP contribution in [0.15, 0.2) is 45.6 Å². The van der Waals surface area contributed by atoms with Gasteiger partial charge in [0.25, 0.3) is 0 Å². The predicted molar refractivity (Wildman–Crippen MR) is 141 cm³/mol. The van der Waals surface area contributed by atoms with Gasteiger partial charge in [-0.3, -0.25) is 4.79 Å². The normalized spacial score (nSPS) is 11.4. The van der Waals surface area contributed by atoms with Crippen molar-refractivity contribution in [1.29, 1.82) is 0 Å². The molecular weight excluding hydrogens is 424 g/mol. The Balaban J connectivity index is 1.49. The van der Waals surface area contributed by atoms with E-state index < -0.39 is 0 Å². The largest absolute Gasteiger partial charge is 0.508 e. The summed E-state index contributed by atoms with van der Waals surface area (Å²) in [6.07, 6.45) is 14.5. The lowest BCUT2D eigenvalue weighted by atomic mass is 10.0. The van der Waals surface area contributed by atoms with E-state index in [1.807, 2.05) is 32.0 Å². The van der Waals surface area contributed by atoms with Gasteiger partial charge >= 0.3 is 0 Å². The molecule has 1 aromatic heterocycles. The molecule has 0 radical (unpaired) electrons. The molecule has 0 fully saturated rings. The van der Waals surface area contributed by atoms with Gasteiger partial charge in [0, 0.05) is 17.7 Å². The van der Waals surface area contributed by atoms with Gasteiger partial charge in [0.05, 0.1) is 5.39 Å². The number of phenols is 1. The average Bonchev–Trinajstić information content (AvgIpc) is 2.84. The smallest absolute Gasteiger partial charge is 0.196 e. The zero-order valence-electron chi connectivity index (χ0n) is 20.9. The molecule has 0 amide bonds. The van der Waals surface area contributed by atoms with Crippen LogP contribution < -0.4 is 5.43 Å². The third-order valence-corrected chi connectivity index (χ3v) is 6.76. The number of phenolic OH excluding ortho intramolecular Hbond substituents is 1. The van der Waals surface area contributed by atoms with Crippen LogP contribution in [0.2, 0.25) is 0 Å². The lowest BCUT2D eigenvalue weighted by Crippen LogP contribution is -2.07. The van der Waals surface area contributed by atoms with E-state index in [9.17, 15) is 9.90 Å². The van der Waals surface area contributed by atoms with Crippen LogP contribution in [-0.4, -0.2) is 16.8 Å². The highest BCUT2D eigenvalue weighted by atomic mass is 16.3. The number of hydrogen-bond acceptors (Lipinski definition) is 4. The number of aliphatic hydroxyl groups excluding tert-OH is 1. The number of aromatic hydroxyl groups is 1.